The lowest BCUT2D eigenvalue weighted by atomic mass is 10.0. The van der Waals surface area contributed by atoms with Gasteiger partial charge in [-0.05, 0) is 12.8 Å². The number of ether oxygens (including phenoxy) is 2. The molecule has 0 heterocycles. The zero-order chi connectivity index (χ0) is 38.2. The highest BCUT2D eigenvalue weighted by molar-refractivity contribution is 7.47. The Labute approximate surface area is 320 Å². The Morgan fingerprint density at radius 3 is 1.17 bits per heavy atom. The van der Waals surface area contributed by atoms with Crippen LogP contribution in [0, 0.1) is 0 Å². The number of phosphoric ester groups is 1. The molecule has 2 atom stereocenters. The Bertz CT molecular complexity index is 830. The van der Waals surface area contributed by atoms with Gasteiger partial charge in [0.1, 0.15) is 6.61 Å². The lowest BCUT2D eigenvalue weighted by Crippen LogP contribution is -2.29. The molecule has 0 aromatic rings. The molecule has 0 saturated carbocycles. The maximum absolute atomic E-state index is 12.6. The zero-order valence-electron chi connectivity index (χ0n) is 34.1. The molecule has 9 nitrogen and oxygen atoms in total. The van der Waals surface area contributed by atoms with E-state index >= 15 is 0 Å². The summed E-state index contributed by atoms with van der Waals surface area (Å²) in [6.45, 7) is 3.75. The summed E-state index contributed by atoms with van der Waals surface area (Å²) in [5.41, 5.74) is 5.34. The van der Waals surface area contributed by atoms with Crippen LogP contribution in [0.25, 0.3) is 0 Å². The molecule has 52 heavy (non-hydrogen) atoms. The highest BCUT2D eigenvalue weighted by Gasteiger charge is 2.26. The van der Waals surface area contributed by atoms with E-state index in [1.807, 2.05) is 0 Å². The number of rotatable bonds is 42. The lowest BCUT2D eigenvalue weighted by Gasteiger charge is -2.19. The molecule has 2 unspecified atom stereocenters. The third-order valence-corrected chi connectivity index (χ3v) is 10.7. The van der Waals surface area contributed by atoms with Gasteiger partial charge in [0, 0.05) is 19.4 Å². The number of phosphoric acid groups is 1. The summed E-state index contributed by atoms with van der Waals surface area (Å²) in [7, 11) is -4.36. The van der Waals surface area contributed by atoms with Crippen molar-refractivity contribution in [2.75, 3.05) is 26.4 Å². The van der Waals surface area contributed by atoms with Gasteiger partial charge in [-0.3, -0.25) is 18.6 Å². The molecule has 0 rings (SSSR count). The number of unbranched alkanes of at least 4 members (excludes halogenated alkanes) is 29. The van der Waals surface area contributed by atoms with Gasteiger partial charge < -0.3 is 20.1 Å². The summed E-state index contributed by atoms with van der Waals surface area (Å²) in [6, 6.07) is 0. The van der Waals surface area contributed by atoms with E-state index in [4.69, 9.17) is 24.3 Å². The van der Waals surface area contributed by atoms with Crippen molar-refractivity contribution in [3.8, 4) is 0 Å². The molecule has 0 bridgehead atoms. The summed E-state index contributed by atoms with van der Waals surface area (Å²) < 4.78 is 32.7. The predicted molar refractivity (Wildman–Crippen MR) is 215 cm³/mol. The molecule has 0 saturated heterocycles. The highest BCUT2D eigenvalue weighted by atomic mass is 31.2. The maximum Gasteiger partial charge on any atom is 0.472 e. The van der Waals surface area contributed by atoms with Gasteiger partial charge in [-0.1, -0.05) is 200 Å². The fourth-order valence-electron chi connectivity index (χ4n) is 6.46. The smallest absolute Gasteiger partial charge is 0.462 e. The van der Waals surface area contributed by atoms with Crippen LogP contribution in [-0.2, 0) is 32.7 Å². The molecule has 310 valence electrons. The molecule has 0 aliphatic rings. The first-order valence-corrected chi connectivity index (χ1v) is 23.5. The Morgan fingerprint density at radius 2 is 0.827 bits per heavy atom. The molecular formula is C42H84NO8P. The van der Waals surface area contributed by atoms with Gasteiger partial charge in [0.05, 0.1) is 13.2 Å². The van der Waals surface area contributed by atoms with Crippen LogP contribution in [0.2, 0.25) is 0 Å². The SMILES string of the molecule is CCCCCCCCCCCCCCCCCCCCCCCCC(=O)OC(COC(=O)CCCCCCCCCCC)COP(=O)(O)OCCN. The van der Waals surface area contributed by atoms with Crippen LogP contribution in [0.3, 0.4) is 0 Å². The normalized spacial score (nSPS) is 13.2. The summed E-state index contributed by atoms with van der Waals surface area (Å²) in [5.74, 6) is -0.817. The predicted octanol–water partition coefficient (Wildman–Crippen LogP) is 12.4. The monoisotopic (exact) mass is 762 g/mol. The van der Waals surface area contributed by atoms with Crippen molar-refractivity contribution in [3.63, 3.8) is 0 Å². The molecule has 3 N–H and O–H groups in total. The van der Waals surface area contributed by atoms with E-state index in [0.29, 0.717) is 6.42 Å². The quantitative estimate of drug-likeness (QED) is 0.0354. The number of hydrogen-bond donors (Lipinski definition) is 2. The van der Waals surface area contributed by atoms with Crippen LogP contribution in [0.1, 0.15) is 226 Å². The van der Waals surface area contributed by atoms with E-state index in [1.54, 1.807) is 0 Å². The number of carbonyl (C=O) groups is 2. The van der Waals surface area contributed by atoms with E-state index in [-0.39, 0.29) is 38.6 Å². The Hall–Kier alpha value is -0.990. The van der Waals surface area contributed by atoms with Crippen LogP contribution in [-0.4, -0.2) is 49.3 Å². The first-order chi connectivity index (χ1) is 25.3. The number of esters is 2. The Morgan fingerprint density at radius 1 is 0.500 bits per heavy atom. The number of carbonyl (C=O) groups excluding carboxylic acids is 2. The molecular weight excluding hydrogens is 677 g/mol. The summed E-state index contributed by atoms with van der Waals surface area (Å²) in [5, 5.41) is 0. The third-order valence-electron chi connectivity index (χ3n) is 9.74. The number of nitrogens with two attached hydrogens (primary N) is 1. The fraction of sp³-hybridized carbons (Fsp3) is 0.952. The molecule has 0 aromatic carbocycles. The Balaban J connectivity index is 3.97. The molecule has 0 aromatic heterocycles. The second kappa shape index (κ2) is 39.7. The molecule has 0 fully saturated rings. The molecule has 0 amide bonds. The average molecular weight is 762 g/mol. The van der Waals surface area contributed by atoms with E-state index in [2.05, 4.69) is 13.8 Å². The van der Waals surface area contributed by atoms with Gasteiger partial charge in [0.25, 0.3) is 0 Å². The van der Waals surface area contributed by atoms with Crippen molar-refractivity contribution < 1.29 is 37.6 Å². The van der Waals surface area contributed by atoms with Crippen LogP contribution < -0.4 is 5.73 Å². The minimum absolute atomic E-state index is 0.0579. The zero-order valence-corrected chi connectivity index (χ0v) is 35.0. The molecule has 0 aliphatic heterocycles. The van der Waals surface area contributed by atoms with Gasteiger partial charge in [0.2, 0.25) is 0 Å². The lowest BCUT2D eigenvalue weighted by molar-refractivity contribution is -0.161. The van der Waals surface area contributed by atoms with Crippen LogP contribution in [0.4, 0.5) is 0 Å². The third kappa shape index (κ3) is 38.7. The van der Waals surface area contributed by atoms with Gasteiger partial charge in [-0.15, -0.1) is 0 Å². The maximum atomic E-state index is 12.6. The van der Waals surface area contributed by atoms with E-state index in [0.717, 1.165) is 32.1 Å². The second-order valence-corrected chi connectivity index (χ2v) is 16.4. The minimum atomic E-state index is -4.36. The van der Waals surface area contributed by atoms with Crippen molar-refractivity contribution >= 4 is 19.8 Å². The number of hydrogen-bond acceptors (Lipinski definition) is 8. The Kier molecular flexibility index (Phi) is 38.9. The fourth-order valence-corrected chi connectivity index (χ4v) is 7.23. The molecule has 0 aliphatic carbocycles. The second-order valence-electron chi connectivity index (χ2n) is 14.9. The summed E-state index contributed by atoms with van der Waals surface area (Å²) in [4.78, 5) is 34.7. The van der Waals surface area contributed by atoms with Gasteiger partial charge >= 0.3 is 19.8 Å². The van der Waals surface area contributed by atoms with Crippen molar-refractivity contribution in [2.45, 2.75) is 232 Å². The van der Waals surface area contributed by atoms with Gasteiger partial charge in [0.15, 0.2) is 6.10 Å². The minimum Gasteiger partial charge on any atom is -0.462 e. The largest absolute Gasteiger partial charge is 0.472 e. The van der Waals surface area contributed by atoms with Crippen LogP contribution in [0.15, 0.2) is 0 Å². The topological polar surface area (TPSA) is 134 Å². The molecule has 10 heteroatoms. The standard InChI is InChI=1S/C42H84NO8P/c1-3-5-7-9-11-13-14-15-16-17-18-19-20-21-22-23-24-25-27-29-31-33-35-42(45)51-40(39-50-52(46,47)49-37-36-43)38-48-41(44)34-32-30-28-26-12-10-8-6-4-2/h40H,3-39,43H2,1-2H3,(H,46,47). The first kappa shape index (κ1) is 51.0. The highest BCUT2D eigenvalue weighted by Crippen LogP contribution is 2.43. The van der Waals surface area contributed by atoms with Gasteiger partial charge in [-0.2, -0.15) is 0 Å². The van der Waals surface area contributed by atoms with Crippen molar-refractivity contribution in [2.24, 2.45) is 5.73 Å². The van der Waals surface area contributed by atoms with Crippen molar-refractivity contribution in [1.29, 1.82) is 0 Å². The summed E-state index contributed by atoms with van der Waals surface area (Å²) in [6.07, 6.45) is 38.6. The van der Waals surface area contributed by atoms with Crippen LogP contribution in [0.5, 0.6) is 0 Å². The van der Waals surface area contributed by atoms with E-state index in [9.17, 15) is 19.0 Å². The van der Waals surface area contributed by atoms with Gasteiger partial charge in [-0.25, -0.2) is 4.57 Å². The van der Waals surface area contributed by atoms with E-state index in [1.165, 1.54) is 161 Å². The summed E-state index contributed by atoms with van der Waals surface area (Å²) >= 11 is 0. The average Bonchev–Trinajstić information content (AvgIpc) is 3.13. The van der Waals surface area contributed by atoms with E-state index < -0.39 is 26.5 Å². The van der Waals surface area contributed by atoms with Crippen molar-refractivity contribution in [1.82, 2.24) is 0 Å². The molecule has 0 radical (unpaired) electrons. The van der Waals surface area contributed by atoms with Crippen LogP contribution >= 0.6 is 7.82 Å². The van der Waals surface area contributed by atoms with Crippen molar-refractivity contribution in [3.05, 3.63) is 0 Å². The first-order valence-electron chi connectivity index (χ1n) is 22.0. The molecule has 0 spiro atoms.